The van der Waals surface area contributed by atoms with Crippen molar-refractivity contribution in [2.75, 3.05) is 18.6 Å². The molecule has 0 unspecified atom stereocenters. The van der Waals surface area contributed by atoms with Crippen molar-refractivity contribution >= 4 is 22.6 Å². The molecule has 5 nitrogen and oxygen atoms in total. The van der Waals surface area contributed by atoms with E-state index in [0.29, 0.717) is 5.82 Å². The first-order chi connectivity index (χ1) is 9.82. The maximum Gasteiger partial charge on any atom is 0.323 e. The summed E-state index contributed by atoms with van der Waals surface area (Å²) in [6.07, 6.45) is 1.69. The summed E-state index contributed by atoms with van der Waals surface area (Å²) < 4.78 is 5.23. The summed E-state index contributed by atoms with van der Waals surface area (Å²) in [6.45, 7) is 5.82. The molecule has 21 heavy (non-hydrogen) atoms. The number of hydrogen-bond acceptors (Lipinski definition) is 4. The Hall–Kier alpha value is -2.30. The van der Waals surface area contributed by atoms with Gasteiger partial charge < -0.3 is 14.7 Å². The highest BCUT2D eigenvalue weighted by molar-refractivity contribution is 5.94. The number of carboxylic acids is 1. The van der Waals surface area contributed by atoms with Crippen LogP contribution in [0.1, 0.15) is 20.8 Å². The van der Waals surface area contributed by atoms with Crippen LogP contribution in [-0.4, -0.2) is 35.3 Å². The van der Waals surface area contributed by atoms with Crippen molar-refractivity contribution < 1.29 is 14.6 Å². The molecule has 1 N–H and O–H groups in total. The molecular formula is C16H20N2O3. The van der Waals surface area contributed by atoms with Gasteiger partial charge in [-0.1, -0.05) is 0 Å². The molecule has 0 spiro atoms. The van der Waals surface area contributed by atoms with Crippen LogP contribution in [0.2, 0.25) is 0 Å². The van der Waals surface area contributed by atoms with Gasteiger partial charge in [0.05, 0.1) is 7.11 Å². The second-order valence-corrected chi connectivity index (χ2v) is 5.87. The van der Waals surface area contributed by atoms with Crippen LogP contribution in [0.3, 0.4) is 0 Å². The molecule has 0 aliphatic rings. The molecule has 5 heteroatoms. The third kappa shape index (κ3) is 3.24. The number of pyridine rings is 1. The number of rotatable bonds is 4. The summed E-state index contributed by atoms with van der Waals surface area (Å²) >= 11 is 0. The molecule has 0 saturated heterocycles. The smallest absolute Gasteiger partial charge is 0.323 e. The van der Waals surface area contributed by atoms with Gasteiger partial charge in [-0.3, -0.25) is 4.79 Å². The van der Waals surface area contributed by atoms with Gasteiger partial charge in [0.1, 0.15) is 18.1 Å². The van der Waals surface area contributed by atoms with E-state index in [1.165, 1.54) is 0 Å². The minimum Gasteiger partial charge on any atom is -0.497 e. The number of hydrogen-bond donors (Lipinski definition) is 1. The van der Waals surface area contributed by atoms with E-state index in [1.54, 1.807) is 18.2 Å². The quantitative estimate of drug-likeness (QED) is 0.937. The van der Waals surface area contributed by atoms with E-state index in [1.807, 2.05) is 45.0 Å². The molecule has 2 rings (SSSR count). The largest absolute Gasteiger partial charge is 0.497 e. The Kier molecular flexibility index (Phi) is 4.02. The van der Waals surface area contributed by atoms with Crippen LogP contribution >= 0.6 is 0 Å². The highest BCUT2D eigenvalue weighted by atomic mass is 16.5. The Balaban J connectivity index is 2.60. The number of methoxy groups -OCH3 is 1. The monoisotopic (exact) mass is 288 g/mol. The molecule has 0 radical (unpaired) electrons. The van der Waals surface area contributed by atoms with E-state index in [9.17, 15) is 9.90 Å². The highest BCUT2D eigenvalue weighted by Crippen LogP contribution is 2.31. The first kappa shape index (κ1) is 15.1. The standard InChI is InChI=1S/C16H20N2O3/c1-16(2,3)18(10-14(19)20)15-13-6-5-12(21-4)9-11(13)7-8-17-15/h5-9H,10H2,1-4H3,(H,19,20). The van der Waals surface area contributed by atoms with E-state index in [0.717, 1.165) is 16.5 Å². The Morgan fingerprint density at radius 2 is 2.05 bits per heavy atom. The summed E-state index contributed by atoms with van der Waals surface area (Å²) in [4.78, 5) is 17.4. The first-order valence-electron chi connectivity index (χ1n) is 6.75. The molecule has 1 aromatic carbocycles. The minimum absolute atomic E-state index is 0.0956. The van der Waals surface area contributed by atoms with Gasteiger partial charge in [0.25, 0.3) is 0 Å². The molecular weight excluding hydrogens is 268 g/mol. The lowest BCUT2D eigenvalue weighted by molar-refractivity contribution is -0.135. The number of fused-ring (bicyclic) bond motifs is 1. The second kappa shape index (κ2) is 5.60. The highest BCUT2D eigenvalue weighted by Gasteiger charge is 2.26. The van der Waals surface area contributed by atoms with Gasteiger partial charge in [-0.15, -0.1) is 0 Å². The predicted molar refractivity (Wildman–Crippen MR) is 83.0 cm³/mol. The molecule has 0 amide bonds. The van der Waals surface area contributed by atoms with Crippen molar-refractivity contribution in [1.82, 2.24) is 4.98 Å². The fourth-order valence-electron chi connectivity index (χ4n) is 2.25. The van der Waals surface area contributed by atoms with Gasteiger partial charge in [0.15, 0.2) is 0 Å². The van der Waals surface area contributed by atoms with Crippen molar-refractivity contribution in [2.24, 2.45) is 0 Å². The number of aliphatic carboxylic acids is 1. The lowest BCUT2D eigenvalue weighted by Crippen LogP contribution is -2.45. The number of benzene rings is 1. The molecule has 0 bridgehead atoms. The van der Waals surface area contributed by atoms with Gasteiger partial charge in [0, 0.05) is 17.1 Å². The van der Waals surface area contributed by atoms with Crippen LogP contribution in [0.4, 0.5) is 5.82 Å². The average Bonchev–Trinajstić information content (AvgIpc) is 2.42. The minimum atomic E-state index is -0.878. The van der Waals surface area contributed by atoms with Crippen molar-refractivity contribution in [3.8, 4) is 5.75 Å². The Morgan fingerprint density at radius 3 is 2.62 bits per heavy atom. The van der Waals surface area contributed by atoms with E-state index < -0.39 is 5.97 Å². The van der Waals surface area contributed by atoms with Gasteiger partial charge in [-0.25, -0.2) is 4.98 Å². The first-order valence-corrected chi connectivity index (χ1v) is 6.75. The summed E-state index contributed by atoms with van der Waals surface area (Å²) in [5, 5.41) is 11.1. The molecule has 0 fully saturated rings. The zero-order chi connectivity index (χ0) is 15.6. The van der Waals surface area contributed by atoms with Crippen LogP contribution in [0.5, 0.6) is 5.75 Å². The zero-order valence-electron chi connectivity index (χ0n) is 12.8. The number of aromatic nitrogens is 1. The van der Waals surface area contributed by atoms with Gasteiger partial charge >= 0.3 is 5.97 Å². The SMILES string of the molecule is COc1ccc2c(N(CC(=O)O)C(C)(C)C)nccc2c1. The molecule has 0 saturated carbocycles. The second-order valence-electron chi connectivity index (χ2n) is 5.87. The third-order valence-electron chi connectivity index (χ3n) is 3.31. The van der Waals surface area contributed by atoms with Crippen molar-refractivity contribution in [3.05, 3.63) is 30.5 Å². The van der Waals surface area contributed by atoms with Crippen molar-refractivity contribution in [3.63, 3.8) is 0 Å². The molecule has 0 aliphatic heterocycles. The summed E-state index contributed by atoms with van der Waals surface area (Å²) in [5.74, 6) is 0.558. The summed E-state index contributed by atoms with van der Waals surface area (Å²) in [5.41, 5.74) is -0.348. The molecule has 0 atom stereocenters. The summed E-state index contributed by atoms with van der Waals surface area (Å²) in [6, 6.07) is 7.58. The third-order valence-corrected chi connectivity index (χ3v) is 3.31. The van der Waals surface area contributed by atoms with Crippen LogP contribution in [-0.2, 0) is 4.79 Å². The molecule has 0 aliphatic carbocycles. The number of carbonyl (C=O) groups is 1. The van der Waals surface area contributed by atoms with Gasteiger partial charge in [-0.05, 0) is 50.4 Å². The molecule has 1 aromatic heterocycles. The van der Waals surface area contributed by atoms with E-state index in [4.69, 9.17) is 4.74 Å². The fourth-order valence-corrected chi connectivity index (χ4v) is 2.25. The lowest BCUT2D eigenvalue weighted by Gasteiger charge is -2.36. The number of anilines is 1. The zero-order valence-corrected chi connectivity index (χ0v) is 12.8. The molecule has 2 aromatic rings. The number of nitrogens with zero attached hydrogens (tertiary/aromatic N) is 2. The maximum absolute atomic E-state index is 11.2. The van der Waals surface area contributed by atoms with Crippen molar-refractivity contribution in [1.29, 1.82) is 0 Å². The van der Waals surface area contributed by atoms with Gasteiger partial charge in [0.2, 0.25) is 0 Å². The Morgan fingerprint density at radius 1 is 1.33 bits per heavy atom. The van der Waals surface area contributed by atoms with Crippen LogP contribution in [0, 0.1) is 0 Å². The van der Waals surface area contributed by atoms with E-state index >= 15 is 0 Å². The van der Waals surface area contributed by atoms with Crippen LogP contribution in [0.15, 0.2) is 30.5 Å². The van der Waals surface area contributed by atoms with Crippen LogP contribution in [0.25, 0.3) is 10.8 Å². The normalized spacial score (nSPS) is 11.4. The van der Waals surface area contributed by atoms with Crippen LogP contribution < -0.4 is 9.64 Å². The number of carboxylic acid groups (broad SMARTS) is 1. The molecule has 112 valence electrons. The average molecular weight is 288 g/mol. The lowest BCUT2D eigenvalue weighted by atomic mass is 10.0. The Labute approximate surface area is 124 Å². The van der Waals surface area contributed by atoms with Gasteiger partial charge in [-0.2, -0.15) is 0 Å². The Bertz CT molecular complexity index is 662. The molecule has 1 heterocycles. The summed E-state index contributed by atoms with van der Waals surface area (Å²) in [7, 11) is 1.62. The maximum atomic E-state index is 11.2. The fraction of sp³-hybridized carbons (Fsp3) is 0.375. The predicted octanol–water partition coefficient (Wildman–Crippen LogP) is 2.93. The van der Waals surface area contributed by atoms with E-state index in [-0.39, 0.29) is 12.1 Å². The van der Waals surface area contributed by atoms with Crippen molar-refractivity contribution in [2.45, 2.75) is 26.3 Å². The topological polar surface area (TPSA) is 62.7 Å². The van der Waals surface area contributed by atoms with E-state index in [2.05, 4.69) is 4.98 Å². The number of ether oxygens (including phenoxy) is 1.